The van der Waals surface area contributed by atoms with Crippen molar-refractivity contribution in [1.29, 1.82) is 0 Å². The van der Waals surface area contributed by atoms with Gasteiger partial charge in [0.2, 0.25) is 0 Å². The van der Waals surface area contributed by atoms with Crippen LogP contribution in [0.4, 0.5) is 0 Å². The predicted octanol–water partition coefficient (Wildman–Crippen LogP) is 4.24. The molecule has 1 saturated carbocycles. The molecule has 0 radical (unpaired) electrons. The van der Waals surface area contributed by atoms with E-state index in [0.29, 0.717) is 24.4 Å². The molecule has 1 aliphatic rings. The number of hydrogen-bond donors (Lipinski definition) is 1. The smallest absolute Gasteiger partial charge is 0.306 e. The number of carboxylic acid groups (broad SMARTS) is 1. The SMILES string of the molecule is Cc1cc(C)c(OCC(C)C)c(CC(C)C2CC2C(=O)O)c1. The van der Waals surface area contributed by atoms with Crippen LogP contribution in [0.3, 0.4) is 0 Å². The largest absolute Gasteiger partial charge is 0.493 e. The molecule has 1 aromatic carbocycles. The second-order valence-corrected chi connectivity index (χ2v) is 7.30. The lowest BCUT2D eigenvalue weighted by atomic mass is 9.92. The monoisotopic (exact) mass is 304 g/mol. The second kappa shape index (κ2) is 6.72. The van der Waals surface area contributed by atoms with Crippen molar-refractivity contribution in [2.75, 3.05) is 6.61 Å². The molecule has 0 saturated heterocycles. The summed E-state index contributed by atoms with van der Waals surface area (Å²) in [5.41, 5.74) is 3.64. The molecule has 0 spiro atoms. The minimum absolute atomic E-state index is 0.138. The summed E-state index contributed by atoms with van der Waals surface area (Å²) in [6, 6.07) is 4.35. The normalized spacial score (nSPS) is 21.7. The Hall–Kier alpha value is -1.51. The minimum Gasteiger partial charge on any atom is -0.493 e. The molecule has 3 unspecified atom stereocenters. The first-order valence-electron chi connectivity index (χ1n) is 8.25. The Morgan fingerprint density at radius 1 is 1.32 bits per heavy atom. The van der Waals surface area contributed by atoms with Gasteiger partial charge < -0.3 is 9.84 Å². The van der Waals surface area contributed by atoms with Gasteiger partial charge in [-0.3, -0.25) is 4.79 Å². The molecule has 0 amide bonds. The summed E-state index contributed by atoms with van der Waals surface area (Å²) >= 11 is 0. The van der Waals surface area contributed by atoms with Crippen molar-refractivity contribution in [3.8, 4) is 5.75 Å². The molecular formula is C19H28O3. The van der Waals surface area contributed by atoms with Gasteiger partial charge in [-0.1, -0.05) is 38.5 Å². The number of carboxylic acids is 1. The van der Waals surface area contributed by atoms with Crippen molar-refractivity contribution in [3.05, 3.63) is 28.8 Å². The van der Waals surface area contributed by atoms with E-state index >= 15 is 0 Å². The molecule has 0 aromatic heterocycles. The summed E-state index contributed by atoms with van der Waals surface area (Å²) in [5.74, 6) is 1.40. The Labute approximate surface area is 133 Å². The lowest BCUT2D eigenvalue weighted by Gasteiger charge is -2.19. The van der Waals surface area contributed by atoms with Gasteiger partial charge in [-0.25, -0.2) is 0 Å². The van der Waals surface area contributed by atoms with E-state index in [0.717, 1.165) is 18.6 Å². The first-order chi connectivity index (χ1) is 10.3. The van der Waals surface area contributed by atoms with Crippen LogP contribution in [0.2, 0.25) is 0 Å². The van der Waals surface area contributed by atoms with Crippen molar-refractivity contribution in [2.24, 2.45) is 23.7 Å². The Morgan fingerprint density at radius 3 is 2.55 bits per heavy atom. The van der Waals surface area contributed by atoms with E-state index in [1.54, 1.807) is 0 Å². The maximum absolute atomic E-state index is 11.1. The van der Waals surface area contributed by atoms with E-state index in [4.69, 9.17) is 9.84 Å². The predicted molar refractivity (Wildman–Crippen MR) is 88.3 cm³/mol. The van der Waals surface area contributed by atoms with Crippen LogP contribution in [0.5, 0.6) is 5.75 Å². The molecule has 3 heteroatoms. The van der Waals surface area contributed by atoms with Gasteiger partial charge in [0.25, 0.3) is 0 Å². The fraction of sp³-hybridized carbons (Fsp3) is 0.632. The zero-order valence-electron chi connectivity index (χ0n) is 14.3. The number of carbonyl (C=O) groups is 1. The first-order valence-corrected chi connectivity index (χ1v) is 8.25. The van der Waals surface area contributed by atoms with E-state index in [1.165, 1.54) is 16.7 Å². The van der Waals surface area contributed by atoms with Gasteiger partial charge in [-0.15, -0.1) is 0 Å². The van der Waals surface area contributed by atoms with Gasteiger partial charge in [0, 0.05) is 0 Å². The molecule has 3 nitrogen and oxygen atoms in total. The molecule has 0 bridgehead atoms. The fourth-order valence-corrected chi connectivity index (χ4v) is 3.28. The first kappa shape index (κ1) is 16.9. The summed E-state index contributed by atoms with van der Waals surface area (Å²) in [6.45, 7) is 11.4. The van der Waals surface area contributed by atoms with E-state index in [1.807, 2.05) is 0 Å². The average molecular weight is 304 g/mol. The molecule has 1 fully saturated rings. The number of rotatable bonds is 7. The van der Waals surface area contributed by atoms with Gasteiger partial charge in [-0.2, -0.15) is 0 Å². The molecule has 0 aliphatic heterocycles. The standard InChI is InChI=1S/C19H28O3/c1-11(2)10-22-18-14(5)6-12(3)7-15(18)8-13(4)16-9-17(16)19(20)21/h6-7,11,13,16-17H,8-10H2,1-5H3,(H,20,21). The van der Waals surface area contributed by atoms with Crippen LogP contribution in [0.25, 0.3) is 0 Å². The summed E-state index contributed by atoms with van der Waals surface area (Å²) in [5, 5.41) is 9.10. The van der Waals surface area contributed by atoms with E-state index in [2.05, 4.69) is 46.8 Å². The molecule has 1 N–H and O–H groups in total. The maximum atomic E-state index is 11.1. The summed E-state index contributed by atoms with van der Waals surface area (Å²) < 4.78 is 6.04. The lowest BCUT2D eigenvalue weighted by molar-refractivity contribution is -0.139. The lowest BCUT2D eigenvalue weighted by Crippen LogP contribution is -2.12. The van der Waals surface area contributed by atoms with E-state index < -0.39 is 5.97 Å². The molecule has 2 rings (SSSR count). The Morgan fingerprint density at radius 2 is 2.00 bits per heavy atom. The highest BCUT2D eigenvalue weighted by molar-refractivity contribution is 5.73. The summed E-state index contributed by atoms with van der Waals surface area (Å²) in [7, 11) is 0. The Bertz CT molecular complexity index is 548. The van der Waals surface area contributed by atoms with Crippen molar-refractivity contribution in [1.82, 2.24) is 0 Å². The molecular weight excluding hydrogens is 276 g/mol. The van der Waals surface area contributed by atoms with E-state index in [9.17, 15) is 4.79 Å². The third-order valence-electron chi connectivity index (χ3n) is 4.49. The number of ether oxygens (including phenoxy) is 1. The zero-order chi connectivity index (χ0) is 16.4. The quantitative estimate of drug-likeness (QED) is 0.819. The van der Waals surface area contributed by atoms with Crippen molar-refractivity contribution >= 4 is 5.97 Å². The van der Waals surface area contributed by atoms with Crippen LogP contribution in [-0.2, 0) is 11.2 Å². The third kappa shape index (κ3) is 4.02. The van der Waals surface area contributed by atoms with Crippen molar-refractivity contribution in [2.45, 2.75) is 47.5 Å². The maximum Gasteiger partial charge on any atom is 0.306 e. The molecule has 1 aromatic rings. The van der Waals surface area contributed by atoms with Crippen LogP contribution in [0.15, 0.2) is 12.1 Å². The van der Waals surface area contributed by atoms with Crippen LogP contribution in [0, 0.1) is 37.5 Å². The molecule has 3 atom stereocenters. The van der Waals surface area contributed by atoms with Crippen LogP contribution in [0.1, 0.15) is 43.9 Å². The van der Waals surface area contributed by atoms with E-state index in [-0.39, 0.29) is 5.92 Å². The number of aliphatic carboxylic acids is 1. The highest BCUT2D eigenvalue weighted by Gasteiger charge is 2.46. The fourth-order valence-electron chi connectivity index (χ4n) is 3.28. The zero-order valence-corrected chi connectivity index (χ0v) is 14.3. The summed E-state index contributed by atoms with van der Waals surface area (Å²) in [6.07, 6.45) is 1.72. The van der Waals surface area contributed by atoms with Gasteiger partial charge in [-0.05, 0) is 55.6 Å². The molecule has 22 heavy (non-hydrogen) atoms. The highest BCUT2D eigenvalue weighted by Crippen LogP contribution is 2.46. The third-order valence-corrected chi connectivity index (χ3v) is 4.49. The van der Waals surface area contributed by atoms with Crippen LogP contribution in [-0.4, -0.2) is 17.7 Å². The molecule has 1 aliphatic carbocycles. The number of aryl methyl sites for hydroxylation is 2. The highest BCUT2D eigenvalue weighted by atomic mass is 16.5. The summed E-state index contributed by atoms with van der Waals surface area (Å²) in [4.78, 5) is 11.1. The number of benzene rings is 1. The average Bonchev–Trinajstić information content (AvgIpc) is 3.17. The van der Waals surface area contributed by atoms with Gasteiger partial charge in [0.15, 0.2) is 0 Å². The topological polar surface area (TPSA) is 46.5 Å². The van der Waals surface area contributed by atoms with Crippen LogP contribution < -0.4 is 4.74 Å². The van der Waals surface area contributed by atoms with Gasteiger partial charge in [0.05, 0.1) is 12.5 Å². The van der Waals surface area contributed by atoms with Gasteiger partial charge in [0.1, 0.15) is 5.75 Å². The van der Waals surface area contributed by atoms with Crippen molar-refractivity contribution in [3.63, 3.8) is 0 Å². The number of hydrogen-bond acceptors (Lipinski definition) is 2. The minimum atomic E-state index is -0.645. The Balaban J connectivity index is 2.13. The van der Waals surface area contributed by atoms with Crippen molar-refractivity contribution < 1.29 is 14.6 Å². The molecule has 122 valence electrons. The van der Waals surface area contributed by atoms with Crippen LogP contribution >= 0.6 is 0 Å². The Kier molecular flexibility index (Phi) is 5.15. The van der Waals surface area contributed by atoms with Gasteiger partial charge >= 0.3 is 5.97 Å². The molecule has 0 heterocycles. The second-order valence-electron chi connectivity index (χ2n) is 7.30.